The maximum atomic E-state index is 11.1. The summed E-state index contributed by atoms with van der Waals surface area (Å²) in [4.78, 5) is 11.1. The summed E-state index contributed by atoms with van der Waals surface area (Å²) in [7, 11) is 1.72. The Hall–Kier alpha value is -1.28. The molecule has 1 aromatic heterocycles. The van der Waals surface area contributed by atoms with Gasteiger partial charge in [-0.1, -0.05) is 11.6 Å². The molecule has 5 nitrogen and oxygen atoms in total. The Bertz CT molecular complexity index is 627. The summed E-state index contributed by atoms with van der Waals surface area (Å²) in [6.45, 7) is 0.385. The third-order valence-corrected chi connectivity index (χ3v) is 3.80. The van der Waals surface area contributed by atoms with Crippen molar-refractivity contribution in [1.82, 2.24) is 9.78 Å². The Morgan fingerprint density at radius 2 is 2.32 bits per heavy atom. The van der Waals surface area contributed by atoms with E-state index in [0.717, 1.165) is 9.26 Å². The lowest BCUT2D eigenvalue weighted by Gasteiger charge is -2.10. The highest BCUT2D eigenvalue weighted by atomic mass is 127. The maximum Gasteiger partial charge on any atom is 0.339 e. The molecule has 0 aliphatic heterocycles. The van der Waals surface area contributed by atoms with Crippen LogP contribution in [0.1, 0.15) is 16.1 Å². The highest BCUT2D eigenvalue weighted by molar-refractivity contribution is 14.1. The van der Waals surface area contributed by atoms with Crippen LogP contribution in [0.2, 0.25) is 5.02 Å². The number of nitrogens with one attached hydrogen (secondary N) is 1. The number of aromatic nitrogens is 2. The number of aryl methyl sites for hydroxylation is 1. The largest absolute Gasteiger partial charge is 0.478 e. The number of carboxylic acid groups (broad SMARTS) is 1. The number of aromatic carboxylic acids is 1. The molecule has 2 N–H and O–H groups in total. The second-order valence-corrected chi connectivity index (χ2v) is 5.51. The highest BCUT2D eigenvalue weighted by Gasteiger charge is 2.14. The van der Waals surface area contributed by atoms with E-state index in [0.29, 0.717) is 17.3 Å². The Morgan fingerprint density at radius 3 is 2.95 bits per heavy atom. The molecule has 0 spiro atoms. The van der Waals surface area contributed by atoms with Gasteiger partial charge in [-0.05, 0) is 40.8 Å². The number of carbonyl (C=O) groups is 1. The molecule has 0 saturated heterocycles. The van der Waals surface area contributed by atoms with E-state index < -0.39 is 5.97 Å². The predicted octanol–water partition coefficient (Wildman–Crippen LogP) is 2.99. The SMILES string of the molecule is Cn1ncc(C(=O)O)c1CNc1ccc(Cl)cc1I. The summed E-state index contributed by atoms with van der Waals surface area (Å²) < 4.78 is 2.53. The minimum absolute atomic E-state index is 0.207. The van der Waals surface area contributed by atoms with Crippen molar-refractivity contribution < 1.29 is 9.90 Å². The second kappa shape index (κ2) is 5.79. The maximum absolute atomic E-state index is 11.1. The van der Waals surface area contributed by atoms with Crippen molar-refractivity contribution in [2.24, 2.45) is 7.05 Å². The molecule has 19 heavy (non-hydrogen) atoms. The van der Waals surface area contributed by atoms with Crippen molar-refractivity contribution in [3.05, 3.63) is 44.2 Å². The van der Waals surface area contributed by atoms with Crippen LogP contribution < -0.4 is 5.32 Å². The monoisotopic (exact) mass is 391 g/mol. The van der Waals surface area contributed by atoms with Gasteiger partial charge in [-0.15, -0.1) is 0 Å². The molecule has 0 radical (unpaired) electrons. The molecule has 0 amide bonds. The Kier molecular flexibility index (Phi) is 4.31. The van der Waals surface area contributed by atoms with Crippen molar-refractivity contribution in [3.8, 4) is 0 Å². The number of halogens is 2. The van der Waals surface area contributed by atoms with Crippen LogP contribution in [-0.2, 0) is 13.6 Å². The summed E-state index contributed by atoms with van der Waals surface area (Å²) in [5.41, 5.74) is 1.74. The molecule has 100 valence electrons. The first-order valence-corrected chi connectivity index (χ1v) is 6.88. The fourth-order valence-corrected chi connectivity index (χ4v) is 2.73. The third-order valence-electron chi connectivity index (χ3n) is 2.67. The van der Waals surface area contributed by atoms with E-state index in [1.165, 1.54) is 6.20 Å². The van der Waals surface area contributed by atoms with Crippen LogP contribution in [-0.4, -0.2) is 20.9 Å². The third kappa shape index (κ3) is 3.19. The van der Waals surface area contributed by atoms with Crippen molar-refractivity contribution in [2.45, 2.75) is 6.54 Å². The molecule has 1 heterocycles. The predicted molar refractivity (Wildman–Crippen MR) is 81.7 cm³/mol. The number of nitrogens with zero attached hydrogens (tertiary/aromatic N) is 2. The normalized spacial score (nSPS) is 10.5. The quantitative estimate of drug-likeness (QED) is 0.787. The highest BCUT2D eigenvalue weighted by Crippen LogP contribution is 2.23. The Balaban J connectivity index is 2.19. The van der Waals surface area contributed by atoms with Gasteiger partial charge in [0.15, 0.2) is 0 Å². The zero-order valence-electron chi connectivity index (χ0n) is 10.0. The standard InChI is InChI=1S/C12H11ClIN3O2/c1-17-11(8(5-16-17)12(18)19)6-15-10-3-2-7(13)4-9(10)14/h2-5,15H,6H2,1H3,(H,18,19). The molecule has 0 unspecified atom stereocenters. The first kappa shape index (κ1) is 14.1. The van der Waals surface area contributed by atoms with E-state index in [9.17, 15) is 4.79 Å². The van der Waals surface area contributed by atoms with Crippen molar-refractivity contribution in [1.29, 1.82) is 0 Å². The lowest BCUT2D eigenvalue weighted by atomic mass is 10.2. The average Bonchev–Trinajstić information content (AvgIpc) is 2.70. The Labute approximate surface area is 128 Å². The summed E-state index contributed by atoms with van der Waals surface area (Å²) in [5, 5.41) is 16.9. The van der Waals surface area contributed by atoms with E-state index in [1.54, 1.807) is 17.8 Å². The fraction of sp³-hybridized carbons (Fsp3) is 0.167. The van der Waals surface area contributed by atoms with Gasteiger partial charge < -0.3 is 10.4 Å². The van der Waals surface area contributed by atoms with E-state index in [-0.39, 0.29) is 5.56 Å². The zero-order valence-corrected chi connectivity index (χ0v) is 12.9. The van der Waals surface area contributed by atoms with Gasteiger partial charge >= 0.3 is 5.97 Å². The number of rotatable bonds is 4. The number of hydrogen-bond donors (Lipinski definition) is 2. The van der Waals surface area contributed by atoms with Gasteiger partial charge in [-0.25, -0.2) is 4.79 Å². The van der Waals surface area contributed by atoms with E-state index in [2.05, 4.69) is 33.0 Å². The van der Waals surface area contributed by atoms with Gasteiger partial charge in [0.05, 0.1) is 18.4 Å². The molecule has 0 atom stereocenters. The fourth-order valence-electron chi connectivity index (χ4n) is 1.66. The molecule has 2 rings (SSSR count). The van der Waals surface area contributed by atoms with Crippen LogP contribution in [0.15, 0.2) is 24.4 Å². The van der Waals surface area contributed by atoms with Crippen molar-refractivity contribution in [2.75, 3.05) is 5.32 Å². The van der Waals surface area contributed by atoms with Crippen LogP contribution in [0.5, 0.6) is 0 Å². The zero-order chi connectivity index (χ0) is 14.0. The Morgan fingerprint density at radius 1 is 1.58 bits per heavy atom. The molecule has 0 aliphatic rings. The van der Waals surface area contributed by atoms with Gasteiger partial charge in [0.2, 0.25) is 0 Å². The molecule has 7 heteroatoms. The molecule has 0 bridgehead atoms. The smallest absolute Gasteiger partial charge is 0.339 e. The molecule has 1 aromatic carbocycles. The van der Waals surface area contributed by atoms with Crippen LogP contribution in [0.4, 0.5) is 5.69 Å². The van der Waals surface area contributed by atoms with Crippen LogP contribution in [0, 0.1) is 3.57 Å². The van der Waals surface area contributed by atoms with Crippen LogP contribution in [0.25, 0.3) is 0 Å². The first-order chi connectivity index (χ1) is 8.99. The second-order valence-electron chi connectivity index (χ2n) is 3.91. The number of anilines is 1. The summed E-state index contributed by atoms with van der Waals surface area (Å²) in [6, 6.07) is 5.49. The van der Waals surface area contributed by atoms with Gasteiger partial charge in [-0.2, -0.15) is 5.10 Å². The summed E-state index contributed by atoms with van der Waals surface area (Å²) >= 11 is 8.06. The number of hydrogen-bond acceptors (Lipinski definition) is 3. The number of carboxylic acids is 1. The minimum Gasteiger partial charge on any atom is -0.478 e. The summed E-state index contributed by atoms with van der Waals surface area (Å²) in [6.07, 6.45) is 1.35. The lowest BCUT2D eigenvalue weighted by molar-refractivity contribution is 0.0695. The van der Waals surface area contributed by atoms with Crippen molar-refractivity contribution >= 4 is 45.8 Å². The topological polar surface area (TPSA) is 67.2 Å². The summed E-state index contributed by atoms with van der Waals surface area (Å²) in [5.74, 6) is -0.976. The molecule has 0 fully saturated rings. The van der Waals surface area contributed by atoms with Gasteiger partial charge in [-0.3, -0.25) is 4.68 Å². The molecule has 0 aliphatic carbocycles. The van der Waals surface area contributed by atoms with Crippen LogP contribution in [0.3, 0.4) is 0 Å². The molecular weight excluding hydrogens is 381 g/mol. The minimum atomic E-state index is -0.976. The number of benzene rings is 1. The van der Waals surface area contributed by atoms with Gasteiger partial charge in [0.1, 0.15) is 5.56 Å². The molecule has 0 saturated carbocycles. The van der Waals surface area contributed by atoms with Crippen molar-refractivity contribution in [3.63, 3.8) is 0 Å². The van der Waals surface area contributed by atoms with Gasteiger partial charge in [0, 0.05) is 21.3 Å². The van der Waals surface area contributed by atoms with Crippen LogP contribution >= 0.6 is 34.2 Å². The van der Waals surface area contributed by atoms with E-state index in [1.807, 2.05) is 12.1 Å². The van der Waals surface area contributed by atoms with E-state index in [4.69, 9.17) is 16.7 Å². The van der Waals surface area contributed by atoms with E-state index >= 15 is 0 Å². The van der Waals surface area contributed by atoms with Gasteiger partial charge in [0.25, 0.3) is 0 Å². The molecular formula is C12H11ClIN3O2. The lowest BCUT2D eigenvalue weighted by Crippen LogP contribution is -2.10. The first-order valence-electron chi connectivity index (χ1n) is 5.42. The average molecular weight is 392 g/mol. The molecule has 2 aromatic rings.